The maximum absolute atomic E-state index is 13.7. The van der Waals surface area contributed by atoms with Crippen molar-refractivity contribution in [1.29, 1.82) is 0 Å². The largest absolute Gasteiger partial charge is 0.435 e. The molecule has 178 valence electrons. The van der Waals surface area contributed by atoms with E-state index < -0.39 is 11.9 Å². The molecule has 5 rings (SSSR count). The second kappa shape index (κ2) is 8.55. The molecule has 1 aliphatic heterocycles. The average Bonchev–Trinajstić information content (AvgIpc) is 3.47. The summed E-state index contributed by atoms with van der Waals surface area (Å²) in [5.74, 6) is -0.244. The molecule has 0 aliphatic carbocycles. The Bertz CT molecular complexity index is 1330. The summed E-state index contributed by atoms with van der Waals surface area (Å²) in [6.07, 6.45) is -2.62. The second-order valence-corrected chi connectivity index (χ2v) is 9.44. The lowest BCUT2D eigenvalue weighted by atomic mass is 10.2. The van der Waals surface area contributed by atoms with Crippen LogP contribution in [0.3, 0.4) is 0 Å². The van der Waals surface area contributed by atoms with E-state index in [9.17, 15) is 18.0 Å². The van der Waals surface area contributed by atoms with Gasteiger partial charge in [-0.25, -0.2) is 4.68 Å². The molecule has 1 saturated heterocycles. The quantitative estimate of drug-likeness (QED) is 0.434. The number of benzene rings is 1. The molecule has 1 aromatic carbocycles. The lowest BCUT2D eigenvalue weighted by Crippen LogP contribution is -2.48. The molecule has 4 aromatic rings. The van der Waals surface area contributed by atoms with Crippen LogP contribution < -0.4 is 0 Å². The molecule has 3 aromatic heterocycles. The summed E-state index contributed by atoms with van der Waals surface area (Å²) in [5, 5.41) is 8.15. The van der Waals surface area contributed by atoms with Crippen molar-refractivity contribution < 1.29 is 18.0 Å². The summed E-state index contributed by atoms with van der Waals surface area (Å²) in [6, 6.07) is 9.98. The molecule has 1 amide bonds. The monoisotopic (exact) mass is 488 g/mol. The number of aryl methyl sites for hydroxylation is 2. The van der Waals surface area contributed by atoms with E-state index in [1.54, 1.807) is 39.9 Å². The number of hydrogen-bond acceptors (Lipinski definition) is 5. The van der Waals surface area contributed by atoms with Crippen LogP contribution >= 0.6 is 11.3 Å². The number of aromatic nitrogens is 4. The zero-order valence-electron chi connectivity index (χ0n) is 18.7. The van der Waals surface area contributed by atoms with Gasteiger partial charge in [0.2, 0.25) is 0 Å². The number of alkyl halides is 3. The van der Waals surface area contributed by atoms with E-state index in [0.717, 1.165) is 29.1 Å². The highest BCUT2D eigenvalue weighted by Gasteiger charge is 2.38. The molecule has 0 N–H and O–H groups in total. The van der Waals surface area contributed by atoms with Gasteiger partial charge in [-0.05, 0) is 25.1 Å². The van der Waals surface area contributed by atoms with E-state index in [0.29, 0.717) is 41.6 Å². The number of thiophene rings is 1. The fraction of sp³-hybridized carbons (Fsp3) is 0.348. The third-order valence-corrected chi connectivity index (χ3v) is 7.11. The molecule has 4 heterocycles. The maximum Gasteiger partial charge on any atom is 0.435 e. The molecular weight excluding hydrogens is 465 g/mol. The van der Waals surface area contributed by atoms with Gasteiger partial charge in [0.05, 0.1) is 16.3 Å². The molecule has 1 aliphatic rings. The predicted octanol–water partition coefficient (Wildman–Crippen LogP) is 4.11. The number of amides is 1. The molecule has 11 heteroatoms. The number of rotatable bonds is 4. The zero-order chi connectivity index (χ0) is 24.0. The highest BCUT2D eigenvalue weighted by atomic mass is 32.1. The molecule has 1 fully saturated rings. The van der Waals surface area contributed by atoms with E-state index in [2.05, 4.69) is 15.1 Å². The molecular formula is C23H23F3N6OS. The van der Waals surface area contributed by atoms with Gasteiger partial charge in [-0.2, -0.15) is 23.4 Å². The molecule has 0 bridgehead atoms. The molecule has 34 heavy (non-hydrogen) atoms. The summed E-state index contributed by atoms with van der Waals surface area (Å²) < 4.78 is 44.1. The fourth-order valence-corrected chi connectivity index (χ4v) is 5.38. The van der Waals surface area contributed by atoms with Gasteiger partial charge >= 0.3 is 6.18 Å². The van der Waals surface area contributed by atoms with E-state index in [1.165, 1.54) is 10.7 Å². The van der Waals surface area contributed by atoms with Crippen molar-refractivity contribution in [3.8, 4) is 5.69 Å². The molecule has 0 unspecified atom stereocenters. The number of piperazine rings is 1. The van der Waals surface area contributed by atoms with Crippen LogP contribution in [-0.2, 0) is 19.8 Å². The minimum absolute atomic E-state index is 0.0459. The maximum atomic E-state index is 13.7. The topological polar surface area (TPSA) is 59.2 Å². The molecule has 0 atom stereocenters. The zero-order valence-corrected chi connectivity index (χ0v) is 19.5. The van der Waals surface area contributed by atoms with Crippen molar-refractivity contribution in [2.45, 2.75) is 19.6 Å². The van der Waals surface area contributed by atoms with Gasteiger partial charge in [-0.3, -0.25) is 14.4 Å². The van der Waals surface area contributed by atoms with Gasteiger partial charge in [-0.1, -0.05) is 18.2 Å². The molecule has 0 saturated carbocycles. The van der Waals surface area contributed by atoms with E-state index in [4.69, 9.17) is 0 Å². The Morgan fingerprint density at radius 3 is 2.41 bits per heavy atom. The smallest absolute Gasteiger partial charge is 0.335 e. The first-order chi connectivity index (χ1) is 16.2. The van der Waals surface area contributed by atoms with Crippen LogP contribution in [0.5, 0.6) is 0 Å². The van der Waals surface area contributed by atoms with E-state index >= 15 is 0 Å². The van der Waals surface area contributed by atoms with Crippen LogP contribution in [0.2, 0.25) is 0 Å². The normalized spacial score (nSPS) is 15.4. The van der Waals surface area contributed by atoms with Crippen LogP contribution in [0.25, 0.3) is 15.9 Å². The summed E-state index contributed by atoms with van der Waals surface area (Å²) in [5.41, 5.74) is 1.68. The molecule has 0 radical (unpaired) electrons. The van der Waals surface area contributed by atoms with Crippen molar-refractivity contribution in [2.24, 2.45) is 7.05 Å². The Balaban J connectivity index is 1.37. The van der Waals surface area contributed by atoms with Crippen molar-refractivity contribution in [3.05, 3.63) is 64.4 Å². The lowest BCUT2D eigenvalue weighted by molar-refractivity contribution is -0.140. The number of carbonyl (C=O) groups excluding carboxylic acids is 1. The Hall–Kier alpha value is -3.18. The highest BCUT2D eigenvalue weighted by Crippen LogP contribution is 2.39. The van der Waals surface area contributed by atoms with Crippen molar-refractivity contribution in [2.75, 3.05) is 26.2 Å². The number of carbonyl (C=O) groups is 1. The van der Waals surface area contributed by atoms with Crippen molar-refractivity contribution in [1.82, 2.24) is 29.4 Å². The lowest BCUT2D eigenvalue weighted by Gasteiger charge is -2.34. The van der Waals surface area contributed by atoms with Crippen LogP contribution in [0.15, 0.2) is 42.6 Å². The number of para-hydroxylation sites is 1. The third-order valence-electron chi connectivity index (χ3n) is 6.01. The summed E-state index contributed by atoms with van der Waals surface area (Å²) in [7, 11) is 1.89. The number of halogens is 3. The van der Waals surface area contributed by atoms with Gasteiger partial charge < -0.3 is 4.90 Å². The standard InChI is InChI=1S/C23H23F3N6OS/c1-15-16(13-29(2)27-15)14-30-8-10-31(11-9-30)21(33)19-12-18-20(23(24,25)26)28-32(22(18)34-19)17-6-4-3-5-7-17/h3-7,12-13H,8-11,14H2,1-2H3. The van der Waals surface area contributed by atoms with Crippen molar-refractivity contribution in [3.63, 3.8) is 0 Å². The van der Waals surface area contributed by atoms with E-state index in [-0.39, 0.29) is 11.3 Å². The van der Waals surface area contributed by atoms with Gasteiger partial charge in [0.25, 0.3) is 5.91 Å². The summed E-state index contributed by atoms with van der Waals surface area (Å²) >= 11 is 1.05. The Morgan fingerprint density at radius 2 is 1.79 bits per heavy atom. The van der Waals surface area contributed by atoms with E-state index in [1.807, 2.05) is 20.2 Å². The van der Waals surface area contributed by atoms with Crippen LogP contribution in [-0.4, -0.2) is 61.4 Å². The van der Waals surface area contributed by atoms with Crippen molar-refractivity contribution >= 4 is 27.5 Å². The number of hydrogen-bond donors (Lipinski definition) is 0. The van der Waals surface area contributed by atoms with Gasteiger partial charge in [0, 0.05) is 56.9 Å². The highest BCUT2D eigenvalue weighted by molar-refractivity contribution is 7.20. The number of nitrogens with zero attached hydrogens (tertiary/aromatic N) is 6. The number of fused-ring (bicyclic) bond motifs is 1. The minimum Gasteiger partial charge on any atom is -0.335 e. The van der Waals surface area contributed by atoms with Crippen LogP contribution in [0.1, 0.15) is 26.6 Å². The summed E-state index contributed by atoms with van der Waals surface area (Å²) in [6.45, 7) is 5.15. The van der Waals surface area contributed by atoms with Gasteiger partial charge in [0.1, 0.15) is 4.83 Å². The van der Waals surface area contributed by atoms with Gasteiger partial charge in [0.15, 0.2) is 5.69 Å². The molecule has 7 nitrogen and oxygen atoms in total. The first-order valence-corrected chi connectivity index (χ1v) is 11.7. The Labute approximate surface area is 198 Å². The Morgan fingerprint density at radius 1 is 1.09 bits per heavy atom. The second-order valence-electron chi connectivity index (χ2n) is 8.40. The average molecular weight is 489 g/mol. The van der Waals surface area contributed by atoms with Gasteiger partial charge in [-0.15, -0.1) is 11.3 Å². The first-order valence-electron chi connectivity index (χ1n) is 10.9. The Kier molecular flexibility index (Phi) is 5.68. The SMILES string of the molecule is Cc1nn(C)cc1CN1CCN(C(=O)c2cc3c(C(F)(F)F)nn(-c4ccccc4)c3s2)CC1. The molecule has 0 spiro atoms. The van der Waals surface area contributed by atoms with Crippen LogP contribution in [0.4, 0.5) is 13.2 Å². The minimum atomic E-state index is -4.62. The summed E-state index contributed by atoms with van der Waals surface area (Å²) in [4.78, 5) is 17.8. The van der Waals surface area contributed by atoms with Crippen LogP contribution in [0, 0.1) is 6.92 Å². The predicted molar refractivity (Wildman–Crippen MR) is 123 cm³/mol. The third kappa shape index (κ3) is 4.21. The fourth-order valence-electron chi connectivity index (χ4n) is 4.28. The first kappa shape index (κ1) is 22.6.